The summed E-state index contributed by atoms with van der Waals surface area (Å²) in [4.78, 5) is 0. The van der Waals surface area contributed by atoms with Crippen LogP contribution in [0, 0.1) is 0 Å². The average molecular weight is 146 g/mol. The van der Waals surface area contributed by atoms with Gasteiger partial charge < -0.3 is 14.9 Å². The second-order valence-corrected chi connectivity index (χ2v) is 2.80. The van der Waals surface area contributed by atoms with Crippen LogP contribution in [0.4, 0.5) is 0 Å². The maximum Gasteiger partial charge on any atom is 0.0860 e. The summed E-state index contributed by atoms with van der Waals surface area (Å²) < 4.78 is 5.30. The first kappa shape index (κ1) is 7.98. The molecule has 0 aromatic rings. The zero-order chi connectivity index (χ0) is 7.56. The number of rotatable bonds is 2. The minimum absolute atomic E-state index is 0.0917. The van der Waals surface area contributed by atoms with Crippen molar-refractivity contribution in [1.29, 1.82) is 0 Å². The third kappa shape index (κ3) is 1.68. The van der Waals surface area contributed by atoms with Gasteiger partial charge in [-0.25, -0.2) is 0 Å². The van der Waals surface area contributed by atoms with E-state index in [-0.39, 0.29) is 24.9 Å². The SMILES string of the molecule is C[C@H]1C[C@@H](O)[C@@H](CCO)O1. The molecule has 1 rings (SSSR count). The highest BCUT2D eigenvalue weighted by Gasteiger charge is 2.30. The zero-order valence-electron chi connectivity index (χ0n) is 6.16. The van der Waals surface area contributed by atoms with Crippen molar-refractivity contribution in [3.63, 3.8) is 0 Å². The molecular formula is C7H14O3. The van der Waals surface area contributed by atoms with Gasteiger partial charge in [0, 0.05) is 13.0 Å². The standard InChI is InChI=1S/C7H14O3/c1-5-4-6(9)7(10-5)2-3-8/h5-9H,2-4H2,1H3/t5-,6+,7+/m0/s1. The molecule has 0 radical (unpaired) electrons. The Morgan fingerprint density at radius 1 is 1.60 bits per heavy atom. The molecule has 1 heterocycles. The van der Waals surface area contributed by atoms with Gasteiger partial charge in [0.2, 0.25) is 0 Å². The Bertz CT molecular complexity index is 105. The Balaban J connectivity index is 2.31. The maximum atomic E-state index is 9.25. The molecular weight excluding hydrogens is 132 g/mol. The minimum atomic E-state index is -0.373. The molecule has 0 bridgehead atoms. The number of aliphatic hydroxyl groups excluding tert-OH is 2. The second-order valence-electron chi connectivity index (χ2n) is 2.80. The second kappa shape index (κ2) is 3.32. The van der Waals surface area contributed by atoms with Crippen molar-refractivity contribution in [3.8, 4) is 0 Å². The van der Waals surface area contributed by atoms with Gasteiger partial charge in [-0.15, -0.1) is 0 Å². The highest BCUT2D eigenvalue weighted by atomic mass is 16.5. The summed E-state index contributed by atoms with van der Waals surface area (Å²) in [6.45, 7) is 2.02. The summed E-state index contributed by atoms with van der Waals surface area (Å²) in [6, 6.07) is 0. The van der Waals surface area contributed by atoms with Gasteiger partial charge in [-0.3, -0.25) is 0 Å². The van der Waals surface area contributed by atoms with Crippen LogP contribution in [0.25, 0.3) is 0 Å². The van der Waals surface area contributed by atoms with E-state index in [4.69, 9.17) is 9.84 Å². The fourth-order valence-electron chi connectivity index (χ4n) is 1.32. The van der Waals surface area contributed by atoms with Crippen molar-refractivity contribution in [1.82, 2.24) is 0 Å². The van der Waals surface area contributed by atoms with Crippen molar-refractivity contribution < 1.29 is 14.9 Å². The predicted molar refractivity (Wildman–Crippen MR) is 36.7 cm³/mol. The molecule has 0 amide bonds. The van der Waals surface area contributed by atoms with Crippen LogP contribution in [0.15, 0.2) is 0 Å². The number of ether oxygens (including phenoxy) is 1. The van der Waals surface area contributed by atoms with Crippen molar-refractivity contribution in [3.05, 3.63) is 0 Å². The Morgan fingerprint density at radius 3 is 2.70 bits per heavy atom. The summed E-state index contributed by atoms with van der Waals surface area (Å²) in [6.07, 6.45) is 0.879. The fraction of sp³-hybridized carbons (Fsp3) is 1.00. The van der Waals surface area contributed by atoms with Crippen LogP contribution in [0.2, 0.25) is 0 Å². The lowest BCUT2D eigenvalue weighted by Gasteiger charge is -2.11. The number of hydrogen-bond acceptors (Lipinski definition) is 3. The van der Waals surface area contributed by atoms with Crippen LogP contribution < -0.4 is 0 Å². The highest BCUT2D eigenvalue weighted by molar-refractivity contribution is 4.79. The Hall–Kier alpha value is -0.120. The van der Waals surface area contributed by atoms with E-state index in [9.17, 15) is 5.11 Å². The van der Waals surface area contributed by atoms with Crippen LogP contribution in [-0.4, -0.2) is 35.1 Å². The van der Waals surface area contributed by atoms with Crippen LogP contribution in [0.1, 0.15) is 19.8 Å². The minimum Gasteiger partial charge on any atom is -0.396 e. The summed E-state index contributed by atoms with van der Waals surface area (Å²) in [5, 5.41) is 17.8. The van der Waals surface area contributed by atoms with Gasteiger partial charge in [0.25, 0.3) is 0 Å². The van der Waals surface area contributed by atoms with E-state index in [1.54, 1.807) is 0 Å². The summed E-state index contributed by atoms with van der Waals surface area (Å²) >= 11 is 0. The summed E-state index contributed by atoms with van der Waals surface area (Å²) in [5.41, 5.74) is 0. The van der Waals surface area contributed by atoms with Gasteiger partial charge >= 0.3 is 0 Å². The molecule has 1 aliphatic rings. The first-order valence-corrected chi connectivity index (χ1v) is 3.68. The van der Waals surface area contributed by atoms with E-state index in [0.29, 0.717) is 12.8 Å². The van der Waals surface area contributed by atoms with Gasteiger partial charge in [0.05, 0.1) is 18.3 Å². The van der Waals surface area contributed by atoms with E-state index >= 15 is 0 Å². The molecule has 60 valence electrons. The lowest BCUT2D eigenvalue weighted by atomic mass is 10.1. The monoisotopic (exact) mass is 146 g/mol. The lowest BCUT2D eigenvalue weighted by molar-refractivity contribution is 0.00226. The molecule has 3 atom stereocenters. The molecule has 0 aromatic heterocycles. The molecule has 3 heteroatoms. The fourth-order valence-corrected chi connectivity index (χ4v) is 1.32. The van der Waals surface area contributed by atoms with E-state index in [1.807, 2.05) is 6.92 Å². The van der Waals surface area contributed by atoms with Crippen molar-refractivity contribution in [2.45, 2.75) is 38.1 Å². The largest absolute Gasteiger partial charge is 0.396 e. The topological polar surface area (TPSA) is 49.7 Å². The van der Waals surface area contributed by atoms with Crippen molar-refractivity contribution in [2.24, 2.45) is 0 Å². The van der Waals surface area contributed by atoms with Gasteiger partial charge in [0.15, 0.2) is 0 Å². The smallest absolute Gasteiger partial charge is 0.0860 e. The van der Waals surface area contributed by atoms with E-state index in [1.165, 1.54) is 0 Å². The van der Waals surface area contributed by atoms with E-state index in [2.05, 4.69) is 0 Å². The third-order valence-corrected chi connectivity index (χ3v) is 1.82. The molecule has 10 heavy (non-hydrogen) atoms. The molecule has 2 N–H and O–H groups in total. The molecule has 0 unspecified atom stereocenters. The molecule has 0 spiro atoms. The molecule has 0 saturated carbocycles. The Labute approximate surface area is 60.6 Å². The van der Waals surface area contributed by atoms with Crippen LogP contribution in [-0.2, 0) is 4.74 Å². The molecule has 0 aromatic carbocycles. The van der Waals surface area contributed by atoms with Gasteiger partial charge in [0.1, 0.15) is 0 Å². The maximum absolute atomic E-state index is 9.25. The lowest BCUT2D eigenvalue weighted by Crippen LogP contribution is -2.21. The molecule has 0 aliphatic carbocycles. The quantitative estimate of drug-likeness (QED) is 0.572. The van der Waals surface area contributed by atoms with Gasteiger partial charge in [-0.05, 0) is 13.3 Å². The summed E-state index contributed by atoms with van der Waals surface area (Å²) in [5.74, 6) is 0. The van der Waals surface area contributed by atoms with Gasteiger partial charge in [-0.1, -0.05) is 0 Å². The van der Waals surface area contributed by atoms with Crippen molar-refractivity contribution in [2.75, 3.05) is 6.61 Å². The first-order valence-electron chi connectivity index (χ1n) is 3.68. The first-order chi connectivity index (χ1) is 4.74. The Kier molecular flexibility index (Phi) is 2.65. The Morgan fingerprint density at radius 2 is 2.30 bits per heavy atom. The number of aliphatic hydroxyl groups is 2. The van der Waals surface area contributed by atoms with Crippen LogP contribution in [0.5, 0.6) is 0 Å². The van der Waals surface area contributed by atoms with E-state index < -0.39 is 0 Å². The van der Waals surface area contributed by atoms with Gasteiger partial charge in [-0.2, -0.15) is 0 Å². The van der Waals surface area contributed by atoms with Crippen molar-refractivity contribution >= 4 is 0 Å². The zero-order valence-corrected chi connectivity index (χ0v) is 6.16. The third-order valence-electron chi connectivity index (χ3n) is 1.82. The van der Waals surface area contributed by atoms with Crippen LogP contribution in [0.3, 0.4) is 0 Å². The molecule has 3 nitrogen and oxygen atoms in total. The van der Waals surface area contributed by atoms with Crippen LogP contribution >= 0.6 is 0 Å². The predicted octanol–water partition coefficient (Wildman–Crippen LogP) is -0.0929. The normalized spacial score (nSPS) is 40.5. The summed E-state index contributed by atoms with van der Waals surface area (Å²) in [7, 11) is 0. The highest BCUT2D eigenvalue weighted by Crippen LogP contribution is 2.21. The molecule has 1 saturated heterocycles. The number of hydrogen-bond donors (Lipinski definition) is 2. The molecule has 1 aliphatic heterocycles. The van der Waals surface area contributed by atoms with E-state index in [0.717, 1.165) is 0 Å². The average Bonchev–Trinajstić information content (AvgIpc) is 2.13. The molecule has 1 fully saturated rings.